The van der Waals surface area contributed by atoms with Gasteiger partial charge >= 0.3 is 0 Å². The molecule has 0 aliphatic rings. The van der Waals surface area contributed by atoms with Gasteiger partial charge in [0.25, 0.3) is 0 Å². The molecule has 1 rings (SSSR count). The summed E-state index contributed by atoms with van der Waals surface area (Å²) in [6.45, 7) is 6.10. The van der Waals surface area contributed by atoms with Crippen molar-refractivity contribution >= 4 is 21.6 Å². The lowest BCUT2D eigenvalue weighted by atomic mass is 10.1. The highest BCUT2D eigenvalue weighted by Gasteiger charge is 2.17. The molecule has 4 nitrogen and oxygen atoms in total. The maximum absolute atomic E-state index is 12.0. The van der Waals surface area contributed by atoms with Crippen molar-refractivity contribution in [3.63, 3.8) is 0 Å². The van der Waals surface area contributed by atoms with Gasteiger partial charge in [-0.1, -0.05) is 25.4 Å². The van der Waals surface area contributed by atoms with Gasteiger partial charge < -0.3 is 0 Å². The number of pyridine rings is 1. The maximum atomic E-state index is 12.0. The standard InChI is InChI=1S/C12H19ClN2O2S/c1-9(2)4-5-10(3)15-18(16,17)11-6-7-12(13)14-8-11/h6-10,15H,4-5H2,1-3H3/t10-/m1/s1. The Morgan fingerprint density at radius 1 is 1.28 bits per heavy atom. The summed E-state index contributed by atoms with van der Waals surface area (Å²) in [6, 6.07) is 2.83. The van der Waals surface area contributed by atoms with E-state index in [9.17, 15) is 8.42 Å². The lowest BCUT2D eigenvalue weighted by molar-refractivity contribution is 0.485. The minimum Gasteiger partial charge on any atom is -0.243 e. The van der Waals surface area contributed by atoms with E-state index >= 15 is 0 Å². The fourth-order valence-electron chi connectivity index (χ4n) is 1.50. The summed E-state index contributed by atoms with van der Waals surface area (Å²) in [5.74, 6) is 0.564. The molecule has 1 heterocycles. The van der Waals surface area contributed by atoms with Crippen LogP contribution < -0.4 is 4.72 Å². The smallest absolute Gasteiger partial charge is 0.242 e. The molecule has 102 valence electrons. The number of rotatable bonds is 6. The molecular formula is C12H19ClN2O2S. The highest BCUT2D eigenvalue weighted by molar-refractivity contribution is 7.89. The Morgan fingerprint density at radius 3 is 2.44 bits per heavy atom. The molecule has 0 aromatic carbocycles. The molecule has 0 radical (unpaired) electrons. The Hall–Kier alpha value is -0.650. The van der Waals surface area contributed by atoms with Crippen molar-refractivity contribution in [2.75, 3.05) is 0 Å². The van der Waals surface area contributed by atoms with Crippen LogP contribution in [0, 0.1) is 5.92 Å². The number of sulfonamides is 1. The molecule has 6 heteroatoms. The van der Waals surface area contributed by atoms with Gasteiger partial charge in [0.1, 0.15) is 10.0 Å². The monoisotopic (exact) mass is 290 g/mol. The summed E-state index contributed by atoms with van der Waals surface area (Å²) in [7, 11) is -3.50. The van der Waals surface area contributed by atoms with Crippen LogP contribution in [-0.2, 0) is 10.0 Å². The van der Waals surface area contributed by atoms with Crippen LogP contribution in [0.3, 0.4) is 0 Å². The largest absolute Gasteiger partial charge is 0.243 e. The molecule has 0 saturated carbocycles. The molecule has 0 amide bonds. The second-order valence-corrected chi connectivity index (χ2v) is 6.91. The van der Waals surface area contributed by atoms with E-state index in [0.29, 0.717) is 5.92 Å². The number of hydrogen-bond donors (Lipinski definition) is 1. The van der Waals surface area contributed by atoms with E-state index in [1.54, 1.807) is 0 Å². The Labute approximate surface area is 114 Å². The number of nitrogens with one attached hydrogen (secondary N) is 1. The molecule has 1 aromatic rings. The average molecular weight is 291 g/mol. The Kier molecular flexibility index (Phi) is 5.56. The van der Waals surface area contributed by atoms with Gasteiger partial charge in [-0.3, -0.25) is 0 Å². The minimum absolute atomic E-state index is 0.0897. The van der Waals surface area contributed by atoms with Gasteiger partial charge in [-0.2, -0.15) is 0 Å². The summed E-state index contributed by atoms with van der Waals surface area (Å²) in [5, 5.41) is 0.279. The molecule has 0 unspecified atom stereocenters. The van der Waals surface area contributed by atoms with Crippen LogP contribution in [0.4, 0.5) is 0 Å². The molecule has 1 N–H and O–H groups in total. The van der Waals surface area contributed by atoms with E-state index in [2.05, 4.69) is 23.6 Å². The van der Waals surface area contributed by atoms with Crippen LogP contribution in [0.5, 0.6) is 0 Å². The third kappa shape index (κ3) is 4.92. The molecule has 0 saturated heterocycles. The van der Waals surface area contributed by atoms with Gasteiger partial charge in [-0.25, -0.2) is 18.1 Å². The van der Waals surface area contributed by atoms with Gasteiger partial charge in [0.15, 0.2) is 0 Å². The fraction of sp³-hybridized carbons (Fsp3) is 0.583. The lowest BCUT2D eigenvalue weighted by Gasteiger charge is -2.15. The van der Waals surface area contributed by atoms with Gasteiger partial charge in [0, 0.05) is 12.2 Å². The van der Waals surface area contributed by atoms with Crippen LogP contribution in [0.1, 0.15) is 33.6 Å². The molecule has 0 bridgehead atoms. The van der Waals surface area contributed by atoms with Crippen molar-refractivity contribution in [3.8, 4) is 0 Å². The van der Waals surface area contributed by atoms with E-state index in [1.807, 2.05) is 6.92 Å². The highest BCUT2D eigenvalue weighted by Crippen LogP contribution is 2.13. The first-order chi connectivity index (χ1) is 8.31. The van der Waals surface area contributed by atoms with Crippen LogP contribution in [0.2, 0.25) is 5.15 Å². The first-order valence-electron chi connectivity index (χ1n) is 5.95. The Morgan fingerprint density at radius 2 is 1.94 bits per heavy atom. The zero-order valence-corrected chi connectivity index (χ0v) is 12.4. The summed E-state index contributed by atoms with van der Waals surface area (Å²) < 4.78 is 26.6. The van der Waals surface area contributed by atoms with Crippen LogP contribution >= 0.6 is 11.6 Å². The van der Waals surface area contributed by atoms with Crippen molar-refractivity contribution in [2.45, 2.75) is 44.6 Å². The van der Waals surface area contributed by atoms with Crippen molar-refractivity contribution in [1.82, 2.24) is 9.71 Å². The third-order valence-corrected chi connectivity index (χ3v) is 4.34. The summed E-state index contributed by atoms with van der Waals surface area (Å²) in [6.07, 6.45) is 3.07. The average Bonchev–Trinajstić information content (AvgIpc) is 2.26. The van der Waals surface area contributed by atoms with Gasteiger partial charge in [0.05, 0.1) is 0 Å². The van der Waals surface area contributed by atoms with E-state index < -0.39 is 10.0 Å². The quantitative estimate of drug-likeness (QED) is 0.820. The predicted octanol–water partition coefficient (Wildman–Crippen LogP) is 2.84. The molecule has 0 aliphatic heterocycles. The van der Waals surface area contributed by atoms with Gasteiger partial charge in [-0.05, 0) is 37.8 Å². The van der Waals surface area contributed by atoms with E-state index in [1.165, 1.54) is 18.3 Å². The zero-order valence-electron chi connectivity index (χ0n) is 10.9. The second-order valence-electron chi connectivity index (χ2n) is 4.81. The summed E-state index contributed by atoms with van der Waals surface area (Å²) >= 11 is 5.63. The van der Waals surface area contributed by atoms with Crippen molar-refractivity contribution < 1.29 is 8.42 Å². The fourth-order valence-corrected chi connectivity index (χ4v) is 2.83. The van der Waals surface area contributed by atoms with Crippen LogP contribution in [-0.4, -0.2) is 19.4 Å². The first-order valence-corrected chi connectivity index (χ1v) is 7.81. The number of nitrogens with zero attached hydrogens (tertiary/aromatic N) is 1. The molecule has 1 aromatic heterocycles. The Bertz CT molecular complexity index is 471. The predicted molar refractivity (Wildman–Crippen MR) is 73.1 cm³/mol. The first kappa shape index (κ1) is 15.4. The third-order valence-electron chi connectivity index (χ3n) is 2.54. The molecule has 0 spiro atoms. The van der Waals surface area contributed by atoms with E-state index in [4.69, 9.17) is 11.6 Å². The van der Waals surface area contributed by atoms with Crippen LogP contribution in [0.15, 0.2) is 23.2 Å². The molecule has 0 fully saturated rings. The van der Waals surface area contributed by atoms with Gasteiger partial charge in [-0.15, -0.1) is 0 Å². The Balaban J connectivity index is 2.67. The van der Waals surface area contributed by atoms with Crippen molar-refractivity contribution in [2.24, 2.45) is 5.92 Å². The molecular weight excluding hydrogens is 272 g/mol. The molecule has 1 atom stereocenters. The van der Waals surface area contributed by atoms with E-state index in [-0.39, 0.29) is 16.1 Å². The van der Waals surface area contributed by atoms with Crippen LogP contribution in [0.25, 0.3) is 0 Å². The topological polar surface area (TPSA) is 59.1 Å². The SMILES string of the molecule is CC(C)CC[C@@H](C)NS(=O)(=O)c1ccc(Cl)nc1. The maximum Gasteiger partial charge on any atom is 0.242 e. The number of halogens is 1. The van der Waals surface area contributed by atoms with Crippen molar-refractivity contribution in [3.05, 3.63) is 23.5 Å². The zero-order chi connectivity index (χ0) is 13.8. The number of aromatic nitrogens is 1. The molecule has 18 heavy (non-hydrogen) atoms. The summed E-state index contributed by atoms with van der Waals surface area (Å²) in [4.78, 5) is 3.92. The second kappa shape index (κ2) is 6.50. The lowest BCUT2D eigenvalue weighted by Crippen LogP contribution is -2.32. The highest BCUT2D eigenvalue weighted by atomic mass is 35.5. The number of hydrogen-bond acceptors (Lipinski definition) is 3. The van der Waals surface area contributed by atoms with Gasteiger partial charge in [0.2, 0.25) is 10.0 Å². The van der Waals surface area contributed by atoms with Crippen molar-refractivity contribution in [1.29, 1.82) is 0 Å². The minimum atomic E-state index is -3.50. The van der Waals surface area contributed by atoms with E-state index in [0.717, 1.165) is 12.8 Å². The normalized spacial score (nSPS) is 13.8. The molecule has 0 aliphatic carbocycles. The summed E-state index contributed by atoms with van der Waals surface area (Å²) in [5.41, 5.74) is 0.